The molecule has 1 unspecified atom stereocenters. The normalized spacial score (nSPS) is 22.3. The van der Waals surface area contributed by atoms with Crippen molar-refractivity contribution in [2.45, 2.75) is 11.8 Å². The predicted octanol–water partition coefficient (Wildman–Crippen LogP) is 2.66. The lowest BCUT2D eigenvalue weighted by Crippen LogP contribution is -2.21. The summed E-state index contributed by atoms with van der Waals surface area (Å²) in [5.74, 6) is 1.01. The molecule has 0 radical (unpaired) electrons. The van der Waals surface area contributed by atoms with E-state index in [4.69, 9.17) is 11.6 Å². The molecule has 0 N–H and O–H groups in total. The highest BCUT2D eigenvalue weighted by molar-refractivity contribution is 9.10. The first kappa shape index (κ1) is 9.28. The molecule has 0 bridgehead atoms. The van der Waals surface area contributed by atoms with Gasteiger partial charge in [0.1, 0.15) is 5.82 Å². The molecule has 1 aliphatic heterocycles. The second-order valence-electron chi connectivity index (χ2n) is 3.14. The summed E-state index contributed by atoms with van der Waals surface area (Å²) in [6.07, 6.45) is 2.85. The monoisotopic (exact) mass is 260 g/mol. The van der Waals surface area contributed by atoms with Crippen molar-refractivity contribution in [3.8, 4) is 0 Å². The van der Waals surface area contributed by atoms with Gasteiger partial charge in [-0.25, -0.2) is 4.98 Å². The fourth-order valence-electron chi connectivity index (χ4n) is 1.52. The van der Waals surface area contributed by atoms with E-state index in [1.165, 1.54) is 0 Å². The summed E-state index contributed by atoms with van der Waals surface area (Å²) in [4.78, 5) is 6.53. The summed E-state index contributed by atoms with van der Waals surface area (Å²) < 4.78 is 1.04. The van der Waals surface area contributed by atoms with E-state index in [1.54, 1.807) is 0 Å². The van der Waals surface area contributed by atoms with Gasteiger partial charge < -0.3 is 4.90 Å². The average molecular weight is 262 g/mol. The Kier molecular flexibility index (Phi) is 2.74. The Labute approximate surface area is 91.0 Å². The quantitative estimate of drug-likeness (QED) is 0.723. The molecule has 1 atom stereocenters. The van der Waals surface area contributed by atoms with Gasteiger partial charge in [-0.2, -0.15) is 0 Å². The van der Waals surface area contributed by atoms with Crippen LogP contribution < -0.4 is 4.90 Å². The molecule has 1 fully saturated rings. The minimum Gasteiger partial charge on any atom is -0.354 e. The molecule has 70 valence electrons. The number of aromatic nitrogens is 1. The van der Waals surface area contributed by atoms with Gasteiger partial charge in [0.2, 0.25) is 0 Å². The second-order valence-corrected chi connectivity index (χ2v) is 4.61. The van der Waals surface area contributed by atoms with Gasteiger partial charge in [0, 0.05) is 19.3 Å². The lowest BCUT2D eigenvalue weighted by molar-refractivity contribution is 0.933. The fourth-order valence-corrected chi connectivity index (χ4v) is 2.29. The van der Waals surface area contributed by atoms with Gasteiger partial charge in [0.05, 0.1) is 9.85 Å². The molecule has 2 nitrogen and oxygen atoms in total. The average Bonchev–Trinajstić information content (AvgIpc) is 2.53. The maximum atomic E-state index is 6.02. The minimum absolute atomic E-state index is 0.272. The fraction of sp³-hybridized carbons (Fsp3) is 0.444. The van der Waals surface area contributed by atoms with Crippen LogP contribution in [0.5, 0.6) is 0 Å². The first-order valence-electron chi connectivity index (χ1n) is 4.27. The topological polar surface area (TPSA) is 16.1 Å². The molecule has 0 saturated carbocycles. The molecular weight excluding hydrogens is 251 g/mol. The first-order valence-corrected chi connectivity index (χ1v) is 5.50. The van der Waals surface area contributed by atoms with E-state index in [-0.39, 0.29) is 5.38 Å². The summed E-state index contributed by atoms with van der Waals surface area (Å²) in [5, 5.41) is 0.272. The van der Waals surface area contributed by atoms with E-state index in [2.05, 4.69) is 25.8 Å². The number of rotatable bonds is 1. The van der Waals surface area contributed by atoms with Crippen LogP contribution in [0.25, 0.3) is 0 Å². The number of alkyl halides is 1. The van der Waals surface area contributed by atoms with Crippen molar-refractivity contribution in [3.05, 3.63) is 22.8 Å². The highest BCUT2D eigenvalue weighted by atomic mass is 79.9. The van der Waals surface area contributed by atoms with E-state index in [0.29, 0.717) is 0 Å². The lowest BCUT2D eigenvalue weighted by Gasteiger charge is -2.17. The predicted molar refractivity (Wildman–Crippen MR) is 58.4 cm³/mol. The van der Waals surface area contributed by atoms with Gasteiger partial charge in [0.15, 0.2) is 0 Å². The molecule has 0 spiro atoms. The molecule has 4 heteroatoms. The summed E-state index contributed by atoms with van der Waals surface area (Å²) in [5.41, 5.74) is 0. The Morgan fingerprint density at radius 3 is 3.08 bits per heavy atom. The largest absolute Gasteiger partial charge is 0.354 e. The highest BCUT2D eigenvalue weighted by Gasteiger charge is 2.22. The van der Waals surface area contributed by atoms with E-state index in [1.807, 2.05) is 18.3 Å². The third kappa shape index (κ3) is 1.97. The second kappa shape index (κ2) is 3.84. The maximum absolute atomic E-state index is 6.02. The molecule has 13 heavy (non-hydrogen) atoms. The van der Waals surface area contributed by atoms with Crippen LogP contribution in [0.3, 0.4) is 0 Å². The molecule has 1 aromatic heterocycles. The molecule has 1 saturated heterocycles. The number of pyridine rings is 1. The van der Waals surface area contributed by atoms with Crippen LogP contribution in [-0.4, -0.2) is 23.5 Å². The van der Waals surface area contributed by atoms with Gasteiger partial charge in [-0.1, -0.05) is 0 Å². The van der Waals surface area contributed by atoms with Crippen molar-refractivity contribution < 1.29 is 0 Å². The van der Waals surface area contributed by atoms with Crippen LogP contribution in [0.2, 0.25) is 0 Å². The standard InChI is InChI=1S/C9H10BrClN2/c10-8-2-1-4-12-9(8)13-5-3-7(11)6-13/h1-2,4,7H,3,5-6H2. The van der Waals surface area contributed by atoms with Crippen LogP contribution >= 0.6 is 27.5 Å². The van der Waals surface area contributed by atoms with Crippen LogP contribution in [0.15, 0.2) is 22.8 Å². The number of anilines is 1. The third-order valence-electron chi connectivity index (χ3n) is 2.17. The molecule has 0 aromatic carbocycles. The van der Waals surface area contributed by atoms with E-state index < -0.39 is 0 Å². The summed E-state index contributed by atoms with van der Waals surface area (Å²) >= 11 is 9.50. The number of nitrogens with zero attached hydrogens (tertiary/aromatic N) is 2. The number of hydrogen-bond acceptors (Lipinski definition) is 2. The maximum Gasteiger partial charge on any atom is 0.142 e. The van der Waals surface area contributed by atoms with Crippen LogP contribution in [0.4, 0.5) is 5.82 Å². The van der Waals surface area contributed by atoms with Gasteiger partial charge in [-0.05, 0) is 34.5 Å². The molecule has 1 aromatic rings. The zero-order valence-corrected chi connectivity index (χ0v) is 9.42. The van der Waals surface area contributed by atoms with Crippen LogP contribution in [0, 0.1) is 0 Å². The summed E-state index contributed by atoms with van der Waals surface area (Å²) in [7, 11) is 0. The highest BCUT2D eigenvalue weighted by Crippen LogP contribution is 2.27. The Morgan fingerprint density at radius 2 is 2.46 bits per heavy atom. The Morgan fingerprint density at radius 1 is 1.62 bits per heavy atom. The van der Waals surface area contributed by atoms with Gasteiger partial charge >= 0.3 is 0 Å². The van der Waals surface area contributed by atoms with Crippen molar-refractivity contribution in [2.75, 3.05) is 18.0 Å². The molecule has 1 aliphatic rings. The first-order chi connectivity index (χ1) is 6.27. The summed E-state index contributed by atoms with van der Waals surface area (Å²) in [6.45, 7) is 1.90. The van der Waals surface area contributed by atoms with Crippen LogP contribution in [0.1, 0.15) is 6.42 Å². The van der Waals surface area contributed by atoms with Crippen molar-refractivity contribution in [3.63, 3.8) is 0 Å². The molecule has 2 heterocycles. The molecule has 2 rings (SSSR count). The summed E-state index contributed by atoms with van der Waals surface area (Å²) in [6, 6.07) is 3.92. The zero-order chi connectivity index (χ0) is 9.26. The van der Waals surface area contributed by atoms with Crippen molar-refractivity contribution >= 4 is 33.3 Å². The Bertz CT molecular complexity index is 305. The number of hydrogen-bond donors (Lipinski definition) is 0. The Hall–Kier alpha value is -0.280. The van der Waals surface area contributed by atoms with E-state index in [9.17, 15) is 0 Å². The van der Waals surface area contributed by atoms with Crippen molar-refractivity contribution in [2.24, 2.45) is 0 Å². The van der Waals surface area contributed by atoms with E-state index >= 15 is 0 Å². The third-order valence-corrected chi connectivity index (χ3v) is 3.14. The zero-order valence-electron chi connectivity index (χ0n) is 7.08. The minimum atomic E-state index is 0.272. The van der Waals surface area contributed by atoms with Crippen molar-refractivity contribution in [1.29, 1.82) is 0 Å². The SMILES string of the molecule is ClC1CCN(c2ncccc2Br)C1. The van der Waals surface area contributed by atoms with Gasteiger partial charge in [-0.3, -0.25) is 0 Å². The smallest absolute Gasteiger partial charge is 0.142 e. The van der Waals surface area contributed by atoms with Crippen LogP contribution in [-0.2, 0) is 0 Å². The molecular formula is C9H10BrClN2. The molecule has 0 amide bonds. The lowest BCUT2D eigenvalue weighted by atomic mass is 10.4. The van der Waals surface area contributed by atoms with E-state index in [0.717, 1.165) is 29.8 Å². The Balaban J connectivity index is 2.21. The molecule has 0 aliphatic carbocycles. The van der Waals surface area contributed by atoms with Crippen molar-refractivity contribution in [1.82, 2.24) is 4.98 Å². The van der Waals surface area contributed by atoms with Gasteiger partial charge in [0.25, 0.3) is 0 Å². The van der Waals surface area contributed by atoms with Gasteiger partial charge in [-0.15, -0.1) is 11.6 Å². The number of halogens is 2.